The second-order valence-electron chi connectivity index (χ2n) is 8.51. The van der Waals surface area contributed by atoms with Gasteiger partial charge in [-0.05, 0) is 55.9 Å². The lowest BCUT2D eigenvalue weighted by Gasteiger charge is -2.29. The summed E-state index contributed by atoms with van der Waals surface area (Å²) in [6.07, 6.45) is 3.28. The molecule has 178 valence electrons. The van der Waals surface area contributed by atoms with E-state index in [0.29, 0.717) is 19.5 Å². The molecule has 0 bridgehead atoms. The maximum atomic E-state index is 13.1. The molecule has 0 aromatic heterocycles. The largest absolute Gasteiger partial charge is 0.354 e. The monoisotopic (exact) mass is 471 g/mol. The molecule has 2 N–H and O–H groups in total. The van der Waals surface area contributed by atoms with Crippen molar-refractivity contribution in [3.63, 3.8) is 0 Å². The van der Waals surface area contributed by atoms with Gasteiger partial charge in [0.25, 0.3) is 0 Å². The summed E-state index contributed by atoms with van der Waals surface area (Å²) in [5.74, 6) is -0.288. The van der Waals surface area contributed by atoms with Gasteiger partial charge in [-0.1, -0.05) is 49.4 Å². The van der Waals surface area contributed by atoms with Crippen LogP contribution in [-0.4, -0.2) is 43.8 Å². The Morgan fingerprint density at radius 2 is 1.70 bits per heavy atom. The summed E-state index contributed by atoms with van der Waals surface area (Å²) in [5.41, 5.74) is 1.83. The van der Waals surface area contributed by atoms with E-state index in [1.54, 1.807) is 36.1 Å². The second-order valence-corrected chi connectivity index (χ2v) is 10.2. The molecule has 1 saturated carbocycles. The number of nitrogens with zero attached hydrogens (tertiary/aromatic N) is 1. The Hall–Kier alpha value is -2.71. The summed E-state index contributed by atoms with van der Waals surface area (Å²) in [6, 6.07) is 15.7. The summed E-state index contributed by atoms with van der Waals surface area (Å²) in [5, 5.41) is 2.87. The van der Waals surface area contributed by atoms with Crippen LogP contribution in [0.15, 0.2) is 59.5 Å². The molecule has 8 heteroatoms. The highest BCUT2D eigenvalue weighted by molar-refractivity contribution is 7.89. The van der Waals surface area contributed by atoms with E-state index in [2.05, 4.69) is 10.0 Å². The van der Waals surface area contributed by atoms with E-state index >= 15 is 0 Å². The van der Waals surface area contributed by atoms with Gasteiger partial charge < -0.3 is 10.2 Å². The zero-order valence-corrected chi connectivity index (χ0v) is 20.1. The van der Waals surface area contributed by atoms with E-state index in [9.17, 15) is 18.0 Å². The quantitative estimate of drug-likeness (QED) is 0.497. The molecule has 0 saturated heterocycles. The van der Waals surface area contributed by atoms with Crippen molar-refractivity contribution in [2.45, 2.75) is 69.5 Å². The molecule has 7 nitrogen and oxygen atoms in total. The lowest BCUT2D eigenvalue weighted by molar-refractivity contribution is -0.140. The normalized spacial score (nSPS) is 14.5. The number of carbonyl (C=O) groups is 2. The van der Waals surface area contributed by atoms with Crippen molar-refractivity contribution < 1.29 is 18.0 Å². The second kappa shape index (κ2) is 11.4. The maximum Gasteiger partial charge on any atom is 0.242 e. The average molecular weight is 472 g/mol. The standard InChI is InChI=1S/C25H33N3O4S/c1-3-17-26-25(30)19(2)28(18-21-7-5-4-6-8-21)24(29)16-11-20-9-14-23(15-10-20)33(31,32)27-22-12-13-22/h4-10,14-15,19,22,27H,3,11-13,16-18H2,1-2H3,(H,26,30)/t19-/m0/s1. The first-order chi connectivity index (χ1) is 15.8. The van der Waals surface area contributed by atoms with Gasteiger partial charge in [0.15, 0.2) is 0 Å². The van der Waals surface area contributed by atoms with Crippen molar-refractivity contribution in [1.82, 2.24) is 14.9 Å². The lowest BCUT2D eigenvalue weighted by Crippen LogP contribution is -2.47. The Labute approximate surface area is 196 Å². The van der Waals surface area contributed by atoms with Crippen LogP contribution in [0.1, 0.15) is 50.7 Å². The molecular formula is C25H33N3O4S. The van der Waals surface area contributed by atoms with Crippen molar-refractivity contribution in [2.24, 2.45) is 0 Å². The van der Waals surface area contributed by atoms with E-state index < -0.39 is 16.1 Å². The maximum absolute atomic E-state index is 13.1. The van der Waals surface area contributed by atoms with Crippen LogP contribution >= 0.6 is 0 Å². The SMILES string of the molecule is CCCNC(=O)[C@H](C)N(Cc1ccccc1)C(=O)CCc1ccc(S(=O)(=O)NC2CC2)cc1. The number of hydrogen-bond acceptors (Lipinski definition) is 4. The van der Waals surface area contributed by atoms with E-state index in [4.69, 9.17) is 0 Å². The highest BCUT2D eigenvalue weighted by atomic mass is 32.2. The zero-order valence-electron chi connectivity index (χ0n) is 19.3. The smallest absolute Gasteiger partial charge is 0.242 e. The molecule has 0 radical (unpaired) electrons. The Bertz CT molecular complexity index is 1040. The number of carbonyl (C=O) groups excluding carboxylic acids is 2. The van der Waals surface area contributed by atoms with Gasteiger partial charge in [-0.3, -0.25) is 9.59 Å². The number of rotatable bonds is 12. The summed E-state index contributed by atoms with van der Waals surface area (Å²) in [6.45, 7) is 4.65. The van der Waals surface area contributed by atoms with Crippen molar-refractivity contribution >= 4 is 21.8 Å². The summed E-state index contributed by atoms with van der Waals surface area (Å²) < 4.78 is 27.3. The highest BCUT2D eigenvalue weighted by Gasteiger charge is 2.28. The molecule has 1 fully saturated rings. The number of benzene rings is 2. The number of amides is 2. The molecule has 2 aromatic rings. The van der Waals surface area contributed by atoms with E-state index in [-0.39, 0.29) is 29.2 Å². The van der Waals surface area contributed by atoms with Crippen LogP contribution < -0.4 is 10.0 Å². The molecule has 0 spiro atoms. The van der Waals surface area contributed by atoms with Crippen LogP contribution in [0, 0.1) is 0 Å². The molecule has 0 aliphatic heterocycles. The first-order valence-corrected chi connectivity index (χ1v) is 13.0. The van der Waals surface area contributed by atoms with Crippen molar-refractivity contribution in [1.29, 1.82) is 0 Å². The van der Waals surface area contributed by atoms with Gasteiger partial charge in [-0.2, -0.15) is 0 Å². The minimum absolute atomic E-state index is 0.0550. The third-order valence-electron chi connectivity index (χ3n) is 5.67. The summed E-state index contributed by atoms with van der Waals surface area (Å²) >= 11 is 0. The summed E-state index contributed by atoms with van der Waals surface area (Å²) in [7, 11) is -3.49. The Morgan fingerprint density at radius 1 is 1.03 bits per heavy atom. The number of sulfonamides is 1. The fourth-order valence-corrected chi connectivity index (χ4v) is 4.78. The Kier molecular flexibility index (Phi) is 8.63. The topological polar surface area (TPSA) is 95.6 Å². The van der Waals surface area contributed by atoms with Gasteiger partial charge in [0, 0.05) is 25.6 Å². The molecular weight excluding hydrogens is 438 g/mol. The van der Waals surface area contributed by atoms with Crippen molar-refractivity contribution in [3.8, 4) is 0 Å². The number of nitrogens with one attached hydrogen (secondary N) is 2. The molecule has 1 atom stereocenters. The van der Waals surface area contributed by atoms with Crippen LogP contribution in [0.4, 0.5) is 0 Å². The Balaban J connectivity index is 1.64. The van der Waals surface area contributed by atoms with Gasteiger partial charge >= 0.3 is 0 Å². The van der Waals surface area contributed by atoms with E-state index in [1.165, 1.54) is 0 Å². The minimum Gasteiger partial charge on any atom is -0.354 e. The molecule has 0 heterocycles. The van der Waals surface area contributed by atoms with Crippen LogP contribution in [0.2, 0.25) is 0 Å². The van der Waals surface area contributed by atoms with E-state index in [1.807, 2.05) is 37.3 Å². The average Bonchev–Trinajstić information content (AvgIpc) is 3.63. The third kappa shape index (κ3) is 7.40. The predicted molar refractivity (Wildman–Crippen MR) is 128 cm³/mol. The van der Waals surface area contributed by atoms with Gasteiger partial charge in [0.05, 0.1) is 4.90 Å². The fraction of sp³-hybridized carbons (Fsp3) is 0.440. The van der Waals surface area contributed by atoms with Crippen LogP contribution in [0.25, 0.3) is 0 Å². The molecule has 0 unspecified atom stereocenters. The zero-order chi connectivity index (χ0) is 23.8. The van der Waals surface area contributed by atoms with Gasteiger partial charge in [-0.25, -0.2) is 13.1 Å². The van der Waals surface area contributed by atoms with Gasteiger partial charge in [-0.15, -0.1) is 0 Å². The molecule has 33 heavy (non-hydrogen) atoms. The van der Waals surface area contributed by atoms with Gasteiger partial charge in [0.2, 0.25) is 21.8 Å². The minimum atomic E-state index is -3.49. The molecule has 2 amide bonds. The Morgan fingerprint density at radius 3 is 2.30 bits per heavy atom. The first-order valence-electron chi connectivity index (χ1n) is 11.5. The molecule has 1 aliphatic carbocycles. The lowest BCUT2D eigenvalue weighted by atomic mass is 10.1. The molecule has 1 aliphatic rings. The van der Waals surface area contributed by atoms with E-state index in [0.717, 1.165) is 30.4 Å². The van der Waals surface area contributed by atoms with Crippen molar-refractivity contribution in [2.75, 3.05) is 6.54 Å². The number of hydrogen-bond donors (Lipinski definition) is 2. The predicted octanol–water partition coefficient (Wildman–Crippen LogP) is 3.00. The highest BCUT2D eigenvalue weighted by Crippen LogP contribution is 2.22. The van der Waals surface area contributed by atoms with Gasteiger partial charge in [0.1, 0.15) is 6.04 Å². The molecule has 2 aromatic carbocycles. The fourth-order valence-electron chi connectivity index (χ4n) is 3.48. The van der Waals surface area contributed by atoms with Crippen LogP contribution in [0.3, 0.4) is 0 Å². The molecule has 3 rings (SSSR count). The third-order valence-corrected chi connectivity index (χ3v) is 7.21. The summed E-state index contributed by atoms with van der Waals surface area (Å²) in [4.78, 5) is 27.5. The first kappa shape index (κ1) is 24.9. The van der Waals surface area contributed by atoms with Crippen molar-refractivity contribution in [3.05, 3.63) is 65.7 Å². The number of aryl methyl sites for hydroxylation is 1. The van der Waals surface area contributed by atoms with Crippen LogP contribution in [-0.2, 0) is 32.6 Å². The van der Waals surface area contributed by atoms with Crippen LogP contribution in [0.5, 0.6) is 0 Å².